The topological polar surface area (TPSA) is 124 Å². The van der Waals surface area contributed by atoms with Crippen molar-refractivity contribution in [3.05, 3.63) is 84.0 Å². The molecular weight excluding hydrogens is 556 g/mol. The average molecular weight is 597 g/mol. The summed E-state index contributed by atoms with van der Waals surface area (Å²) in [6, 6.07) is 14.2. The Hall–Kier alpha value is -4.60. The van der Waals surface area contributed by atoms with Crippen molar-refractivity contribution >= 4 is 24.2 Å². The van der Waals surface area contributed by atoms with Crippen LogP contribution in [-0.4, -0.2) is 50.7 Å². The van der Waals surface area contributed by atoms with E-state index in [4.69, 9.17) is 28.4 Å². The van der Waals surface area contributed by atoms with Crippen molar-refractivity contribution < 1.29 is 47.6 Å². The molecule has 0 atom stereocenters. The molecule has 0 aliphatic heterocycles. The van der Waals surface area contributed by atoms with Gasteiger partial charge in [-0.05, 0) is 74.9 Å². The molecule has 0 aliphatic rings. The van der Waals surface area contributed by atoms with E-state index in [0.717, 1.165) is 11.1 Å². The lowest BCUT2D eigenvalue weighted by atomic mass is 9.78. The Kier molecular flexibility index (Phi) is 14.0. The predicted octanol–water partition coefficient (Wildman–Crippen LogP) is 6.84. The van der Waals surface area contributed by atoms with Gasteiger partial charge in [-0.1, -0.05) is 51.3 Å². The highest BCUT2D eigenvalue weighted by molar-refractivity contribution is 5.87. The SMILES string of the molecule is C=C(C)C(=O)OCCCCOC(=O)Oc1ccc(C(C)(C)c2ccc(OC(=O)OCCCCOC(=O)C(=C)C)cc2)cc1. The molecule has 43 heavy (non-hydrogen) atoms. The van der Waals surface area contributed by atoms with Gasteiger partial charge in [-0.25, -0.2) is 19.2 Å². The molecule has 0 heterocycles. The summed E-state index contributed by atoms with van der Waals surface area (Å²) >= 11 is 0. The summed E-state index contributed by atoms with van der Waals surface area (Å²) in [5.74, 6) is -0.201. The first kappa shape index (κ1) is 34.6. The van der Waals surface area contributed by atoms with Gasteiger partial charge in [-0.3, -0.25) is 0 Å². The van der Waals surface area contributed by atoms with Crippen LogP contribution in [0.5, 0.6) is 11.5 Å². The molecule has 0 saturated heterocycles. The Morgan fingerprint density at radius 2 is 0.860 bits per heavy atom. The third-order valence-electron chi connectivity index (χ3n) is 6.23. The first-order valence-corrected chi connectivity index (χ1v) is 14.0. The Balaban J connectivity index is 1.75. The highest BCUT2D eigenvalue weighted by atomic mass is 16.7. The maximum Gasteiger partial charge on any atom is 0.513 e. The van der Waals surface area contributed by atoms with Crippen LogP contribution >= 0.6 is 0 Å². The number of rotatable bonds is 16. The molecule has 0 amide bonds. The standard InChI is InChI=1S/C33H40O10/c1-23(2)29(34)38-19-7-9-21-40-31(36)42-27-15-11-25(12-16-27)33(5,6)26-13-17-28(18-14-26)43-32(37)41-22-10-8-20-39-30(35)24(3)4/h11-18H,1,3,7-10,19-22H2,2,4-6H3. The zero-order valence-corrected chi connectivity index (χ0v) is 25.3. The van der Waals surface area contributed by atoms with Gasteiger partial charge in [0.05, 0.1) is 26.4 Å². The number of unbranched alkanes of at least 4 members (excludes halogenated alkanes) is 2. The molecule has 0 fully saturated rings. The fourth-order valence-electron chi connectivity index (χ4n) is 3.59. The number of hydrogen-bond acceptors (Lipinski definition) is 10. The number of ether oxygens (including phenoxy) is 6. The normalized spacial score (nSPS) is 10.7. The minimum atomic E-state index is -0.816. The van der Waals surface area contributed by atoms with Gasteiger partial charge in [0.15, 0.2) is 0 Å². The zero-order chi connectivity index (χ0) is 31.8. The van der Waals surface area contributed by atoms with Crippen LogP contribution < -0.4 is 9.47 Å². The Morgan fingerprint density at radius 1 is 0.558 bits per heavy atom. The number of carbonyl (C=O) groups excluding carboxylic acids is 4. The smallest absolute Gasteiger partial charge is 0.462 e. The number of hydrogen-bond donors (Lipinski definition) is 0. The molecule has 2 aromatic carbocycles. The fraction of sp³-hybridized carbons (Fsp3) is 0.394. The average Bonchev–Trinajstić information content (AvgIpc) is 2.96. The van der Waals surface area contributed by atoms with E-state index in [1.807, 2.05) is 38.1 Å². The second-order valence-electron chi connectivity index (χ2n) is 10.3. The molecule has 10 nitrogen and oxygen atoms in total. The van der Waals surface area contributed by atoms with Crippen LogP contribution in [0.1, 0.15) is 64.5 Å². The van der Waals surface area contributed by atoms with Crippen molar-refractivity contribution in [2.45, 2.75) is 58.8 Å². The van der Waals surface area contributed by atoms with Crippen LogP contribution in [-0.2, 0) is 34.0 Å². The maximum absolute atomic E-state index is 12.0. The monoisotopic (exact) mass is 596 g/mol. The minimum Gasteiger partial charge on any atom is -0.462 e. The molecule has 2 aromatic rings. The van der Waals surface area contributed by atoms with Crippen molar-refractivity contribution in [3.63, 3.8) is 0 Å². The van der Waals surface area contributed by atoms with Crippen LogP contribution in [0.4, 0.5) is 9.59 Å². The quantitative estimate of drug-likeness (QED) is 0.0669. The summed E-state index contributed by atoms with van der Waals surface area (Å²) in [5, 5.41) is 0. The van der Waals surface area contributed by atoms with E-state index in [1.165, 1.54) is 0 Å². The molecule has 0 N–H and O–H groups in total. The van der Waals surface area contributed by atoms with E-state index in [9.17, 15) is 19.2 Å². The van der Waals surface area contributed by atoms with Gasteiger partial charge in [0.2, 0.25) is 0 Å². The second kappa shape index (κ2) is 17.4. The summed E-state index contributed by atoms with van der Waals surface area (Å²) in [6.07, 6.45) is 0.504. The van der Waals surface area contributed by atoms with E-state index in [-0.39, 0.29) is 26.4 Å². The lowest BCUT2D eigenvalue weighted by Crippen LogP contribution is -2.19. The van der Waals surface area contributed by atoms with Gasteiger partial charge in [0.1, 0.15) is 11.5 Å². The van der Waals surface area contributed by atoms with Gasteiger partial charge in [-0.2, -0.15) is 0 Å². The van der Waals surface area contributed by atoms with Crippen molar-refractivity contribution in [2.24, 2.45) is 0 Å². The molecule has 232 valence electrons. The Labute approximate surface area is 252 Å². The molecule has 10 heteroatoms. The van der Waals surface area contributed by atoms with Crippen LogP contribution in [0, 0.1) is 0 Å². The second-order valence-corrected chi connectivity index (χ2v) is 10.3. The minimum absolute atomic E-state index is 0.140. The van der Waals surface area contributed by atoms with Gasteiger partial charge in [0.25, 0.3) is 0 Å². The third-order valence-corrected chi connectivity index (χ3v) is 6.23. The molecule has 2 rings (SSSR count). The fourth-order valence-corrected chi connectivity index (χ4v) is 3.59. The number of benzene rings is 2. The number of carbonyl (C=O) groups is 4. The zero-order valence-electron chi connectivity index (χ0n) is 25.3. The van der Waals surface area contributed by atoms with Crippen LogP contribution in [0.15, 0.2) is 72.8 Å². The first-order valence-electron chi connectivity index (χ1n) is 14.0. The van der Waals surface area contributed by atoms with E-state index >= 15 is 0 Å². The van der Waals surface area contributed by atoms with Crippen molar-refractivity contribution in [1.29, 1.82) is 0 Å². The summed E-state index contributed by atoms with van der Waals surface area (Å²) in [6.45, 7) is 15.0. The molecule has 0 saturated carbocycles. The molecule has 0 spiro atoms. The van der Waals surface area contributed by atoms with Crippen LogP contribution in [0.3, 0.4) is 0 Å². The van der Waals surface area contributed by atoms with E-state index < -0.39 is 29.7 Å². The maximum atomic E-state index is 12.0. The lowest BCUT2D eigenvalue weighted by Gasteiger charge is -2.26. The highest BCUT2D eigenvalue weighted by Crippen LogP contribution is 2.33. The number of esters is 2. The lowest BCUT2D eigenvalue weighted by molar-refractivity contribution is -0.140. The van der Waals surface area contributed by atoms with Gasteiger partial charge < -0.3 is 28.4 Å². The summed E-state index contributed by atoms with van der Waals surface area (Å²) in [7, 11) is 0. The Bertz CT molecular complexity index is 1160. The van der Waals surface area contributed by atoms with Gasteiger partial charge in [0, 0.05) is 16.6 Å². The van der Waals surface area contributed by atoms with E-state index in [2.05, 4.69) is 13.2 Å². The van der Waals surface area contributed by atoms with Gasteiger partial charge in [-0.15, -0.1) is 0 Å². The van der Waals surface area contributed by atoms with E-state index in [1.54, 1.807) is 38.1 Å². The van der Waals surface area contributed by atoms with Crippen LogP contribution in [0.25, 0.3) is 0 Å². The van der Waals surface area contributed by atoms with Crippen molar-refractivity contribution in [2.75, 3.05) is 26.4 Å². The Morgan fingerprint density at radius 3 is 1.16 bits per heavy atom. The third kappa shape index (κ3) is 12.4. The van der Waals surface area contributed by atoms with Crippen molar-refractivity contribution in [1.82, 2.24) is 0 Å². The molecule has 0 bridgehead atoms. The summed E-state index contributed by atoms with van der Waals surface area (Å²) in [4.78, 5) is 46.6. The molecule has 0 aliphatic carbocycles. The van der Waals surface area contributed by atoms with Gasteiger partial charge >= 0.3 is 24.2 Å². The highest BCUT2D eigenvalue weighted by Gasteiger charge is 2.23. The van der Waals surface area contributed by atoms with Crippen LogP contribution in [0.2, 0.25) is 0 Å². The van der Waals surface area contributed by atoms with E-state index in [0.29, 0.717) is 48.3 Å². The molecule has 0 unspecified atom stereocenters. The largest absolute Gasteiger partial charge is 0.513 e. The molecule has 0 aromatic heterocycles. The summed E-state index contributed by atoms with van der Waals surface area (Å²) < 4.78 is 30.6. The molecule has 0 radical (unpaired) electrons. The summed E-state index contributed by atoms with van der Waals surface area (Å²) in [5.41, 5.74) is 2.21. The first-order chi connectivity index (χ1) is 20.4. The van der Waals surface area contributed by atoms with Crippen molar-refractivity contribution in [3.8, 4) is 11.5 Å². The molecular formula is C33H40O10. The predicted molar refractivity (Wildman–Crippen MR) is 159 cm³/mol.